The summed E-state index contributed by atoms with van der Waals surface area (Å²) in [6.07, 6.45) is 0. The first-order valence-electron chi connectivity index (χ1n) is 5.57. The van der Waals surface area contributed by atoms with Crippen LogP contribution in [0.15, 0.2) is 42.5 Å². The molecule has 102 valence electrons. The van der Waals surface area contributed by atoms with Gasteiger partial charge in [0.1, 0.15) is 0 Å². The van der Waals surface area contributed by atoms with Gasteiger partial charge < -0.3 is 10.4 Å². The molecule has 20 heavy (non-hydrogen) atoms. The second-order valence-electron chi connectivity index (χ2n) is 3.96. The number of amides is 1. The maximum atomic E-state index is 12.0. The van der Waals surface area contributed by atoms with Gasteiger partial charge in [0.25, 0.3) is 5.91 Å². The Hall–Kier alpha value is -2.04. The molecule has 0 bridgehead atoms. The van der Waals surface area contributed by atoms with E-state index < -0.39 is 11.9 Å². The number of carbonyl (C=O) groups excluding carboxylic acids is 1. The quantitative estimate of drug-likeness (QED) is 0.902. The summed E-state index contributed by atoms with van der Waals surface area (Å²) < 4.78 is 0. The normalized spacial score (nSPS) is 10.1. The highest BCUT2D eigenvalue weighted by molar-refractivity contribution is 6.35. The molecule has 0 unspecified atom stereocenters. The fourth-order valence-corrected chi connectivity index (χ4v) is 1.89. The molecule has 2 aromatic carbocycles. The Morgan fingerprint density at radius 3 is 2.15 bits per heavy atom. The van der Waals surface area contributed by atoms with Crippen LogP contribution >= 0.6 is 23.2 Å². The zero-order chi connectivity index (χ0) is 14.7. The summed E-state index contributed by atoms with van der Waals surface area (Å²) in [6.45, 7) is 0. The third-order valence-electron chi connectivity index (χ3n) is 2.57. The first-order chi connectivity index (χ1) is 9.47. The van der Waals surface area contributed by atoms with Crippen LogP contribution in [-0.4, -0.2) is 17.0 Å². The minimum atomic E-state index is -1.05. The van der Waals surface area contributed by atoms with Crippen molar-refractivity contribution in [1.82, 2.24) is 0 Å². The van der Waals surface area contributed by atoms with Crippen molar-refractivity contribution in [3.8, 4) is 0 Å². The standard InChI is InChI=1S/C14H9Cl2NO3/c15-10-5-6-11(16)12(7-10)17-13(18)8-1-3-9(4-2-8)14(19)20/h1-7H,(H,17,18)(H,19,20). The van der Waals surface area contributed by atoms with Crippen LogP contribution in [0.5, 0.6) is 0 Å². The van der Waals surface area contributed by atoms with Crippen molar-refractivity contribution in [3.63, 3.8) is 0 Å². The van der Waals surface area contributed by atoms with Crippen molar-refractivity contribution in [2.24, 2.45) is 0 Å². The Morgan fingerprint density at radius 2 is 1.55 bits per heavy atom. The molecule has 0 saturated carbocycles. The minimum Gasteiger partial charge on any atom is -0.478 e. The third kappa shape index (κ3) is 3.29. The number of carboxylic acid groups (broad SMARTS) is 1. The molecule has 4 nitrogen and oxygen atoms in total. The van der Waals surface area contributed by atoms with Gasteiger partial charge in [-0.15, -0.1) is 0 Å². The molecule has 2 rings (SSSR count). The van der Waals surface area contributed by atoms with E-state index in [1.807, 2.05) is 0 Å². The van der Waals surface area contributed by atoms with Crippen molar-refractivity contribution in [2.75, 3.05) is 5.32 Å². The van der Waals surface area contributed by atoms with Crippen molar-refractivity contribution >= 4 is 40.8 Å². The Labute approximate surface area is 124 Å². The lowest BCUT2D eigenvalue weighted by atomic mass is 10.1. The van der Waals surface area contributed by atoms with E-state index in [9.17, 15) is 9.59 Å². The fraction of sp³-hybridized carbons (Fsp3) is 0. The first-order valence-corrected chi connectivity index (χ1v) is 6.33. The van der Waals surface area contributed by atoms with Gasteiger partial charge in [0, 0.05) is 10.6 Å². The van der Waals surface area contributed by atoms with Gasteiger partial charge in [-0.1, -0.05) is 23.2 Å². The molecule has 0 aliphatic carbocycles. The van der Waals surface area contributed by atoms with Gasteiger partial charge in [-0.05, 0) is 42.5 Å². The van der Waals surface area contributed by atoms with Crippen LogP contribution in [0, 0.1) is 0 Å². The Morgan fingerprint density at radius 1 is 0.950 bits per heavy atom. The summed E-state index contributed by atoms with van der Waals surface area (Å²) in [7, 11) is 0. The number of hydrogen-bond donors (Lipinski definition) is 2. The molecule has 6 heteroatoms. The molecule has 0 radical (unpaired) electrons. The molecule has 0 spiro atoms. The van der Waals surface area contributed by atoms with E-state index in [1.165, 1.54) is 30.3 Å². The molecule has 1 amide bonds. The monoisotopic (exact) mass is 309 g/mol. The van der Waals surface area contributed by atoms with Crippen LogP contribution in [0.25, 0.3) is 0 Å². The number of rotatable bonds is 3. The second-order valence-corrected chi connectivity index (χ2v) is 4.80. The van der Waals surface area contributed by atoms with Crippen molar-refractivity contribution in [1.29, 1.82) is 0 Å². The zero-order valence-corrected chi connectivity index (χ0v) is 11.6. The smallest absolute Gasteiger partial charge is 0.335 e. The highest BCUT2D eigenvalue weighted by atomic mass is 35.5. The van der Waals surface area contributed by atoms with Gasteiger partial charge >= 0.3 is 5.97 Å². The van der Waals surface area contributed by atoms with Crippen molar-refractivity contribution in [3.05, 3.63) is 63.6 Å². The summed E-state index contributed by atoms with van der Waals surface area (Å²) in [6, 6.07) is 10.3. The highest BCUT2D eigenvalue weighted by Gasteiger charge is 2.10. The van der Waals surface area contributed by atoms with Crippen LogP contribution < -0.4 is 5.32 Å². The average Bonchev–Trinajstić information content (AvgIpc) is 2.43. The number of hydrogen-bond acceptors (Lipinski definition) is 2. The Kier molecular flexibility index (Phi) is 4.27. The first kappa shape index (κ1) is 14.4. The van der Waals surface area contributed by atoms with E-state index in [0.717, 1.165) is 0 Å². The molecule has 0 saturated heterocycles. The lowest BCUT2D eigenvalue weighted by molar-refractivity contribution is 0.0696. The fourth-order valence-electron chi connectivity index (χ4n) is 1.55. The molecule has 2 N–H and O–H groups in total. The van der Waals surface area contributed by atoms with E-state index in [1.54, 1.807) is 12.1 Å². The largest absolute Gasteiger partial charge is 0.478 e. The molecule has 0 atom stereocenters. The molecule has 0 aromatic heterocycles. The van der Waals surface area contributed by atoms with Crippen LogP contribution in [0.3, 0.4) is 0 Å². The number of halogens is 2. The van der Waals surface area contributed by atoms with Gasteiger partial charge in [0.05, 0.1) is 16.3 Å². The predicted octanol–water partition coefficient (Wildman–Crippen LogP) is 3.94. The third-order valence-corrected chi connectivity index (χ3v) is 3.14. The summed E-state index contributed by atoms with van der Waals surface area (Å²) in [4.78, 5) is 22.7. The number of carboxylic acids is 1. The van der Waals surface area contributed by atoms with Crippen LogP contribution in [0.4, 0.5) is 5.69 Å². The van der Waals surface area contributed by atoms with E-state index >= 15 is 0 Å². The maximum Gasteiger partial charge on any atom is 0.335 e. The maximum absolute atomic E-state index is 12.0. The second kappa shape index (κ2) is 5.94. The SMILES string of the molecule is O=C(O)c1ccc(C(=O)Nc2cc(Cl)ccc2Cl)cc1. The molecule has 0 heterocycles. The molecule has 0 aliphatic heterocycles. The zero-order valence-electron chi connectivity index (χ0n) is 10.1. The topological polar surface area (TPSA) is 66.4 Å². The van der Waals surface area contributed by atoms with E-state index in [2.05, 4.69) is 5.32 Å². The Bertz CT molecular complexity index is 669. The predicted molar refractivity (Wildman–Crippen MR) is 77.8 cm³/mol. The van der Waals surface area contributed by atoms with Gasteiger partial charge in [0.15, 0.2) is 0 Å². The molecule has 2 aromatic rings. The summed E-state index contributed by atoms with van der Waals surface area (Å²) in [5.74, 6) is -1.44. The van der Waals surface area contributed by atoms with Crippen molar-refractivity contribution in [2.45, 2.75) is 0 Å². The molecule has 0 fully saturated rings. The van der Waals surface area contributed by atoms with E-state index in [4.69, 9.17) is 28.3 Å². The molecule has 0 aliphatic rings. The van der Waals surface area contributed by atoms with Crippen LogP contribution in [-0.2, 0) is 0 Å². The molecular formula is C14H9Cl2NO3. The van der Waals surface area contributed by atoms with Gasteiger partial charge in [-0.3, -0.25) is 4.79 Å². The van der Waals surface area contributed by atoms with E-state index in [0.29, 0.717) is 21.3 Å². The highest BCUT2D eigenvalue weighted by Crippen LogP contribution is 2.25. The summed E-state index contributed by atoms with van der Waals surface area (Å²) >= 11 is 11.8. The van der Waals surface area contributed by atoms with Crippen LogP contribution in [0.1, 0.15) is 20.7 Å². The van der Waals surface area contributed by atoms with E-state index in [-0.39, 0.29) is 5.56 Å². The van der Waals surface area contributed by atoms with Gasteiger partial charge in [-0.25, -0.2) is 4.79 Å². The van der Waals surface area contributed by atoms with Gasteiger partial charge in [-0.2, -0.15) is 0 Å². The summed E-state index contributed by atoms with van der Waals surface area (Å²) in [5.41, 5.74) is 0.833. The van der Waals surface area contributed by atoms with Crippen LogP contribution in [0.2, 0.25) is 10.0 Å². The number of nitrogens with one attached hydrogen (secondary N) is 1. The number of aromatic carboxylic acids is 1. The summed E-state index contributed by atoms with van der Waals surface area (Å²) in [5, 5.41) is 12.2. The lowest BCUT2D eigenvalue weighted by Crippen LogP contribution is -2.12. The Balaban J connectivity index is 2.19. The number of carbonyl (C=O) groups is 2. The minimum absolute atomic E-state index is 0.113. The lowest BCUT2D eigenvalue weighted by Gasteiger charge is -2.08. The number of anilines is 1. The molecular weight excluding hydrogens is 301 g/mol. The van der Waals surface area contributed by atoms with Gasteiger partial charge in [0.2, 0.25) is 0 Å². The average molecular weight is 310 g/mol. The number of benzene rings is 2. The van der Waals surface area contributed by atoms with Crippen molar-refractivity contribution < 1.29 is 14.7 Å².